The number of nitrogens with one attached hydrogen (secondary N) is 2. The first kappa shape index (κ1) is 25.8. The molecule has 2 fully saturated rings. The summed E-state index contributed by atoms with van der Waals surface area (Å²) in [5.41, 5.74) is 1.34. The summed E-state index contributed by atoms with van der Waals surface area (Å²) < 4.78 is 0. The van der Waals surface area contributed by atoms with Crippen molar-refractivity contribution in [2.45, 2.75) is 77.3 Å². The number of carbonyl (C=O) groups excluding carboxylic acids is 3. The van der Waals surface area contributed by atoms with Crippen molar-refractivity contribution >= 4 is 23.4 Å². The Labute approximate surface area is 213 Å². The van der Waals surface area contributed by atoms with Crippen molar-refractivity contribution in [3.8, 4) is 11.4 Å². The second-order valence-electron chi connectivity index (χ2n) is 9.99. The van der Waals surface area contributed by atoms with Gasteiger partial charge in [0.15, 0.2) is 5.82 Å². The molecule has 2 aromatic rings. The summed E-state index contributed by atoms with van der Waals surface area (Å²) in [7, 11) is 0. The van der Waals surface area contributed by atoms with Gasteiger partial charge in [0.25, 0.3) is 0 Å². The molecule has 0 unspecified atom stereocenters. The summed E-state index contributed by atoms with van der Waals surface area (Å²) in [5, 5.41) is 6.10. The fourth-order valence-electron chi connectivity index (χ4n) is 5.25. The first-order valence-corrected chi connectivity index (χ1v) is 13.3. The van der Waals surface area contributed by atoms with Gasteiger partial charge in [-0.25, -0.2) is 9.97 Å². The van der Waals surface area contributed by atoms with Gasteiger partial charge < -0.3 is 15.5 Å². The summed E-state index contributed by atoms with van der Waals surface area (Å²) in [6.07, 6.45) is 10.5. The molecule has 192 valence electrons. The molecule has 2 heterocycles. The lowest BCUT2D eigenvalue weighted by atomic mass is 9.83. The Morgan fingerprint density at radius 2 is 1.72 bits per heavy atom. The molecule has 1 aromatic carbocycles. The number of carbonyl (C=O) groups is 3. The van der Waals surface area contributed by atoms with Gasteiger partial charge in [-0.15, -0.1) is 0 Å². The number of anilines is 1. The van der Waals surface area contributed by atoms with Crippen LogP contribution in [0.15, 0.2) is 42.7 Å². The highest BCUT2D eigenvalue weighted by Gasteiger charge is 2.41. The average Bonchev–Trinajstić information content (AvgIpc) is 3.42. The van der Waals surface area contributed by atoms with E-state index in [-0.39, 0.29) is 29.6 Å². The average molecular weight is 492 g/mol. The maximum absolute atomic E-state index is 13.9. The zero-order chi connectivity index (χ0) is 25.5. The van der Waals surface area contributed by atoms with Crippen LogP contribution in [0, 0.1) is 11.8 Å². The van der Waals surface area contributed by atoms with Crippen LogP contribution in [-0.2, 0) is 14.4 Å². The largest absolute Gasteiger partial charge is 0.344 e. The van der Waals surface area contributed by atoms with Crippen LogP contribution in [-0.4, -0.2) is 51.2 Å². The molecule has 1 saturated carbocycles. The van der Waals surface area contributed by atoms with Crippen molar-refractivity contribution in [1.82, 2.24) is 20.2 Å². The quantitative estimate of drug-likeness (QED) is 0.576. The van der Waals surface area contributed by atoms with E-state index in [1.807, 2.05) is 38.1 Å². The standard InChI is InChI=1S/C28H37N5O3/c1-3-19(2)26(34)32-24(20-11-5-4-6-12-20)28(36)33-18-9-15-23(33)27(35)31-22-14-8-7-13-21(22)25-29-16-10-17-30-25/h7-8,10,13-14,16-17,19-20,23-24H,3-6,9,11-12,15,18H2,1-2H3,(H,31,35)(H,32,34)/t19-,23+,24+/m1/s1. The van der Waals surface area contributed by atoms with E-state index < -0.39 is 12.1 Å². The third-order valence-corrected chi connectivity index (χ3v) is 7.58. The molecular weight excluding hydrogens is 454 g/mol. The SMILES string of the molecule is CC[C@@H](C)C(=O)N[C@H](C(=O)N1CCC[C@H]1C(=O)Nc1ccccc1-c1ncccn1)C1CCCCC1. The number of hydrogen-bond donors (Lipinski definition) is 2. The molecule has 1 saturated heterocycles. The third-order valence-electron chi connectivity index (χ3n) is 7.58. The Kier molecular flexibility index (Phi) is 8.67. The monoisotopic (exact) mass is 491 g/mol. The molecule has 0 spiro atoms. The van der Waals surface area contributed by atoms with Crippen molar-refractivity contribution < 1.29 is 14.4 Å². The number of para-hydroxylation sites is 1. The molecule has 0 radical (unpaired) electrons. The van der Waals surface area contributed by atoms with Crippen molar-refractivity contribution in [3.63, 3.8) is 0 Å². The summed E-state index contributed by atoms with van der Waals surface area (Å²) in [6, 6.07) is 8.01. The van der Waals surface area contributed by atoms with E-state index in [0.717, 1.165) is 50.5 Å². The normalized spacial score (nSPS) is 19.9. The number of likely N-dealkylation sites (tertiary alicyclic amines) is 1. The molecule has 8 nitrogen and oxygen atoms in total. The highest BCUT2D eigenvalue weighted by molar-refractivity contribution is 6.01. The number of hydrogen-bond acceptors (Lipinski definition) is 5. The molecule has 1 aliphatic heterocycles. The lowest BCUT2D eigenvalue weighted by molar-refractivity contribution is -0.142. The van der Waals surface area contributed by atoms with Gasteiger partial charge in [-0.3, -0.25) is 14.4 Å². The number of rotatable bonds is 8. The van der Waals surface area contributed by atoms with Crippen LogP contribution in [0.2, 0.25) is 0 Å². The molecule has 2 N–H and O–H groups in total. The minimum absolute atomic E-state index is 0.0848. The Morgan fingerprint density at radius 1 is 1.00 bits per heavy atom. The van der Waals surface area contributed by atoms with E-state index >= 15 is 0 Å². The Bertz CT molecular complexity index is 1050. The Morgan fingerprint density at radius 3 is 2.44 bits per heavy atom. The van der Waals surface area contributed by atoms with E-state index in [4.69, 9.17) is 0 Å². The van der Waals surface area contributed by atoms with Gasteiger partial charge in [-0.2, -0.15) is 0 Å². The molecule has 4 rings (SSSR count). The third kappa shape index (κ3) is 5.91. The van der Waals surface area contributed by atoms with Gasteiger partial charge in [-0.1, -0.05) is 45.2 Å². The number of amides is 3. The van der Waals surface area contributed by atoms with E-state index in [0.29, 0.717) is 24.5 Å². The molecular formula is C28H37N5O3. The molecule has 1 aromatic heterocycles. The van der Waals surface area contributed by atoms with Crippen LogP contribution in [0.5, 0.6) is 0 Å². The molecule has 8 heteroatoms. The van der Waals surface area contributed by atoms with Gasteiger partial charge in [0, 0.05) is 30.4 Å². The summed E-state index contributed by atoms with van der Waals surface area (Å²) in [6.45, 7) is 4.38. The lowest BCUT2D eigenvalue weighted by Gasteiger charge is -2.35. The van der Waals surface area contributed by atoms with Gasteiger partial charge in [0.2, 0.25) is 17.7 Å². The Hall–Kier alpha value is -3.29. The highest BCUT2D eigenvalue weighted by Crippen LogP contribution is 2.31. The van der Waals surface area contributed by atoms with Crippen molar-refractivity contribution in [3.05, 3.63) is 42.7 Å². The second kappa shape index (κ2) is 12.1. The van der Waals surface area contributed by atoms with Crippen LogP contribution >= 0.6 is 0 Å². The lowest BCUT2D eigenvalue weighted by Crippen LogP contribution is -2.56. The number of benzene rings is 1. The maximum Gasteiger partial charge on any atom is 0.247 e. The van der Waals surface area contributed by atoms with E-state index in [1.165, 1.54) is 0 Å². The topological polar surface area (TPSA) is 104 Å². The molecule has 0 bridgehead atoms. The summed E-state index contributed by atoms with van der Waals surface area (Å²) >= 11 is 0. The van der Waals surface area contributed by atoms with Crippen LogP contribution in [0.25, 0.3) is 11.4 Å². The van der Waals surface area contributed by atoms with Crippen molar-refractivity contribution in [2.24, 2.45) is 11.8 Å². The molecule has 1 aliphatic carbocycles. The Balaban J connectivity index is 1.52. The van der Waals surface area contributed by atoms with Crippen LogP contribution < -0.4 is 10.6 Å². The second-order valence-corrected chi connectivity index (χ2v) is 9.99. The fourth-order valence-corrected chi connectivity index (χ4v) is 5.25. The summed E-state index contributed by atoms with van der Waals surface area (Å²) in [5.74, 6) is 0.0461. The first-order valence-electron chi connectivity index (χ1n) is 13.3. The molecule has 3 atom stereocenters. The smallest absolute Gasteiger partial charge is 0.247 e. The molecule has 3 amide bonds. The minimum Gasteiger partial charge on any atom is -0.344 e. The minimum atomic E-state index is -0.579. The highest BCUT2D eigenvalue weighted by atomic mass is 16.2. The van der Waals surface area contributed by atoms with Crippen LogP contribution in [0.1, 0.15) is 65.2 Å². The number of nitrogens with zero attached hydrogens (tertiary/aromatic N) is 3. The fraction of sp³-hybridized carbons (Fsp3) is 0.536. The van der Waals surface area contributed by atoms with Gasteiger partial charge in [0.05, 0.1) is 5.69 Å². The van der Waals surface area contributed by atoms with Gasteiger partial charge in [-0.05, 0) is 56.2 Å². The first-order chi connectivity index (χ1) is 17.5. The van der Waals surface area contributed by atoms with E-state index in [2.05, 4.69) is 20.6 Å². The molecule has 2 aliphatic rings. The van der Waals surface area contributed by atoms with Crippen LogP contribution in [0.4, 0.5) is 5.69 Å². The van der Waals surface area contributed by atoms with E-state index in [1.54, 1.807) is 23.4 Å². The zero-order valence-electron chi connectivity index (χ0n) is 21.3. The van der Waals surface area contributed by atoms with E-state index in [9.17, 15) is 14.4 Å². The van der Waals surface area contributed by atoms with Gasteiger partial charge in [0.1, 0.15) is 12.1 Å². The van der Waals surface area contributed by atoms with Crippen LogP contribution in [0.3, 0.4) is 0 Å². The molecule has 36 heavy (non-hydrogen) atoms. The predicted octanol–water partition coefficient (Wildman–Crippen LogP) is 4.18. The zero-order valence-corrected chi connectivity index (χ0v) is 21.3. The van der Waals surface area contributed by atoms with Gasteiger partial charge >= 0.3 is 0 Å². The predicted molar refractivity (Wildman–Crippen MR) is 139 cm³/mol. The summed E-state index contributed by atoms with van der Waals surface area (Å²) in [4.78, 5) is 50.4. The number of aromatic nitrogens is 2. The maximum atomic E-state index is 13.9. The van der Waals surface area contributed by atoms with Crippen molar-refractivity contribution in [2.75, 3.05) is 11.9 Å². The van der Waals surface area contributed by atoms with Crippen molar-refractivity contribution in [1.29, 1.82) is 0 Å².